The summed E-state index contributed by atoms with van der Waals surface area (Å²) >= 11 is 6.06. The van der Waals surface area contributed by atoms with Gasteiger partial charge in [-0.15, -0.1) is 11.6 Å². The lowest BCUT2D eigenvalue weighted by atomic mass is 9.77. The van der Waals surface area contributed by atoms with Crippen molar-refractivity contribution in [2.45, 2.75) is 38.2 Å². The quantitative estimate of drug-likeness (QED) is 0.645. The average molecular weight is 205 g/mol. The van der Waals surface area contributed by atoms with Gasteiger partial charge in [-0.05, 0) is 25.7 Å². The molecule has 76 valence electrons. The summed E-state index contributed by atoms with van der Waals surface area (Å²) in [4.78, 5) is 11.3. The standard InChI is InChI=1S/C10H17ClO2/c1-6-4-8(11)5-9(7(2)12)10(6)13-3/h6,8-10H,4-5H2,1-3H3. The van der Waals surface area contributed by atoms with Crippen LogP contribution in [0.25, 0.3) is 0 Å². The van der Waals surface area contributed by atoms with E-state index >= 15 is 0 Å². The monoisotopic (exact) mass is 204 g/mol. The maximum atomic E-state index is 11.3. The molecule has 0 heterocycles. The minimum atomic E-state index is -0.00347. The highest BCUT2D eigenvalue weighted by Crippen LogP contribution is 2.34. The number of halogens is 1. The molecule has 1 aliphatic carbocycles. The number of methoxy groups -OCH3 is 1. The molecular formula is C10H17ClO2. The maximum Gasteiger partial charge on any atom is 0.135 e. The zero-order valence-electron chi connectivity index (χ0n) is 8.42. The van der Waals surface area contributed by atoms with E-state index in [1.807, 2.05) is 0 Å². The van der Waals surface area contributed by atoms with Gasteiger partial charge in [0.1, 0.15) is 5.78 Å². The summed E-state index contributed by atoms with van der Waals surface area (Å²) in [6, 6.07) is 0. The first-order valence-corrected chi connectivity index (χ1v) is 5.17. The van der Waals surface area contributed by atoms with E-state index < -0.39 is 0 Å². The highest BCUT2D eigenvalue weighted by atomic mass is 35.5. The Labute approximate surface area is 84.6 Å². The summed E-state index contributed by atoms with van der Waals surface area (Å²) in [5.41, 5.74) is 0. The molecule has 0 N–H and O–H groups in total. The van der Waals surface area contributed by atoms with Crippen LogP contribution >= 0.6 is 11.6 Å². The normalized spacial score (nSPS) is 40.3. The lowest BCUT2D eigenvalue weighted by molar-refractivity contribution is -0.129. The van der Waals surface area contributed by atoms with Crippen LogP contribution in [-0.4, -0.2) is 24.4 Å². The number of rotatable bonds is 2. The summed E-state index contributed by atoms with van der Waals surface area (Å²) in [5, 5.41) is 0.135. The van der Waals surface area contributed by atoms with E-state index in [9.17, 15) is 4.79 Å². The molecule has 0 saturated heterocycles. The van der Waals surface area contributed by atoms with Gasteiger partial charge in [-0.25, -0.2) is 0 Å². The summed E-state index contributed by atoms with van der Waals surface area (Å²) < 4.78 is 5.35. The third-order valence-corrected chi connectivity index (χ3v) is 3.25. The largest absolute Gasteiger partial charge is 0.380 e. The van der Waals surface area contributed by atoms with Crippen LogP contribution in [0.4, 0.5) is 0 Å². The van der Waals surface area contributed by atoms with Gasteiger partial charge in [0.05, 0.1) is 6.10 Å². The fourth-order valence-corrected chi connectivity index (χ4v) is 2.71. The molecule has 0 amide bonds. The Balaban J connectivity index is 2.71. The average Bonchev–Trinajstić information content (AvgIpc) is 2.02. The molecule has 1 aliphatic rings. The molecule has 1 saturated carbocycles. The lowest BCUT2D eigenvalue weighted by Crippen LogP contribution is -2.41. The molecular weight excluding hydrogens is 188 g/mol. The van der Waals surface area contributed by atoms with Crippen LogP contribution in [0, 0.1) is 11.8 Å². The van der Waals surface area contributed by atoms with Crippen molar-refractivity contribution in [2.24, 2.45) is 11.8 Å². The smallest absolute Gasteiger partial charge is 0.135 e. The number of alkyl halides is 1. The van der Waals surface area contributed by atoms with E-state index in [1.165, 1.54) is 0 Å². The fraction of sp³-hybridized carbons (Fsp3) is 0.900. The maximum absolute atomic E-state index is 11.3. The second-order valence-corrected chi connectivity index (χ2v) is 4.58. The topological polar surface area (TPSA) is 26.3 Å². The highest BCUT2D eigenvalue weighted by molar-refractivity contribution is 6.20. The molecule has 1 fully saturated rings. The first kappa shape index (κ1) is 11.0. The summed E-state index contributed by atoms with van der Waals surface area (Å²) in [6.45, 7) is 3.72. The van der Waals surface area contributed by atoms with Crippen molar-refractivity contribution in [3.63, 3.8) is 0 Å². The van der Waals surface area contributed by atoms with Crippen LogP contribution in [0.5, 0.6) is 0 Å². The number of carbonyl (C=O) groups is 1. The molecule has 4 atom stereocenters. The van der Waals surface area contributed by atoms with E-state index in [0.29, 0.717) is 5.92 Å². The second kappa shape index (κ2) is 4.43. The van der Waals surface area contributed by atoms with Crippen molar-refractivity contribution in [2.75, 3.05) is 7.11 Å². The number of hydrogen-bond acceptors (Lipinski definition) is 2. The van der Waals surface area contributed by atoms with Gasteiger partial charge >= 0.3 is 0 Å². The van der Waals surface area contributed by atoms with E-state index in [-0.39, 0.29) is 23.2 Å². The first-order valence-electron chi connectivity index (χ1n) is 4.73. The molecule has 1 rings (SSSR count). The zero-order chi connectivity index (χ0) is 10.0. The molecule has 0 radical (unpaired) electrons. The predicted molar refractivity (Wildman–Crippen MR) is 53.0 cm³/mol. The van der Waals surface area contributed by atoms with Crippen LogP contribution in [0.15, 0.2) is 0 Å². The Bertz CT molecular complexity index is 193. The number of carbonyl (C=O) groups excluding carboxylic acids is 1. The molecule has 13 heavy (non-hydrogen) atoms. The summed E-state index contributed by atoms with van der Waals surface area (Å²) in [5.74, 6) is 0.579. The third-order valence-electron chi connectivity index (χ3n) is 2.89. The molecule has 3 heteroatoms. The number of ketones is 1. The Hall–Kier alpha value is -0.0800. The van der Waals surface area contributed by atoms with Crippen molar-refractivity contribution in [3.8, 4) is 0 Å². The number of Topliss-reactive ketones (excluding diaryl/α,β-unsaturated/α-hetero) is 1. The summed E-state index contributed by atoms with van der Waals surface area (Å²) in [6.07, 6.45) is 1.77. The number of ether oxygens (including phenoxy) is 1. The highest BCUT2D eigenvalue weighted by Gasteiger charge is 2.37. The van der Waals surface area contributed by atoms with Crippen molar-refractivity contribution in [3.05, 3.63) is 0 Å². The molecule has 0 aromatic carbocycles. The van der Waals surface area contributed by atoms with E-state index in [0.717, 1.165) is 12.8 Å². The van der Waals surface area contributed by atoms with Crippen LogP contribution < -0.4 is 0 Å². The predicted octanol–water partition coefficient (Wildman–Crippen LogP) is 2.24. The summed E-state index contributed by atoms with van der Waals surface area (Å²) in [7, 11) is 1.67. The van der Waals surface area contributed by atoms with E-state index in [2.05, 4.69) is 6.92 Å². The molecule has 0 aromatic rings. The van der Waals surface area contributed by atoms with Crippen molar-refractivity contribution in [1.29, 1.82) is 0 Å². The third kappa shape index (κ3) is 2.44. The van der Waals surface area contributed by atoms with E-state index in [1.54, 1.807) is 14.0 Å². The minimum absolute atomic E-state index is 0.00347. The van der Waals surface area contributed by atoms with Crippen molar-refractivity contribution in [1.82, 2.24) is 0 Å². The van der Waals surface area contributed by atoms with Gasteiger partial charge in [-0.1, -0.05) is 6.92 Å². The van der Waals surface area contributed by atoms with Crippen LogP contribution in [-0.2, 0) is 9.53 Å². The van der Waals surface area contributed by atoms with Crippen molar-refractivity contribution < 1.29 is 9.53 Å². The molecule has 0 aromatic heterocycles. The Kier molecular flexibility index (Phi) is 3.74. The second-order valence-electron chi connectivity index (χ2n) is 3.96. The Morgan fingerprint density at radius 1 is 1.46 bits per heavy atom. The van der Waals surface area contributed by atoms with E-state index in [4.69, 9.17) is 16.3 Å². The Morgan fingerprint density at radius 2 is 2.08 bits per heavy atom. The van der Waals surface area contributed by atoms with Crippen LogP contribution in [0.1, 0.15) is 26.7 Å². The molecule has 0 aliphatic heterocycles. The van der Waals surface area contributed by atoms with Crippen LogP contribution in [0.2, 0.25) is 0 Å². The van der Waals surface area contributed by atoms with Gasteiger partial charge in [-0.3, -0.25) is 4.79 Å². The molecule has 0 spiro atoms. The Morgan fingerprint density at radius 3 is 2.54 bits per heavy atom. The van der Waals surface area contributed by atoms with Gasteiger partial charge < -0.3 is 4.74 Å². The lowest BCUT2D eigenvalue weighted by Gasteiger charge is -2.36. The SMILES string of the molecule is COC1C(C)CC(Cl)CC1C(C)=O. The van der Waals surface area contributed by atoms with Crippen molar-refractivity contribution >= 4 is 17.4 Å². The molecule has 0 bridgehead atoms. The van der Waals surface area contributed by atoms with Gasteiger partial charge in [0.25, 0.3) is 0 Å². The van der Waals surface area contributed by atoms with Gasteiger partial charge in [-0.2, -0.15) is 0 Å². The number of hydrogen-bond donors (Lipinski definition) is 0. The zero-order valence-corrected chi connectivity index (χ0v) is 9.17. The van der Waals surface area contributed by atoms with Gasteiger partial charge in [0.2, 0.25) is 0 Å². The molecule has 2 nitrogen and oxygen atoms in total. The fourth-order valence-electron chi connectivity index (χ4n) is 2.23. The first-order chi connectivity index (χ1) is 6.06. The van der Waals surface area contributed by atoms with Gasteiger partial charge in [0, 0.05) is 18.4 Å². The molecule has 4 unspecified atom stereocenters. The van der Waals surface area contributed by atoms with Crippen LogP contribution in [0.3, 0.4) is 0 Å². The minimum Gasteiger partial charge on any atom is -0.380 e. The van der Waals surface area contributed by atoms with Gasteiger partial charge in [0.15, 0.2) is 0 Å².